The first-order chi connectivity index (χ1) is 16.4. The van der Waals surface area contributed by atoms with Crippen molar-refractivity contribution < 1.29 is 19.4 Å². The molecule has 0 bridgehead atoms. The topological polar surface area (TPSA) is 126 Å². The van der Waals surface area contributed by atoms with E-state index in [-0.39, 0.29) is 12.3 Å². The average molecular weight is 459 g/mol. The van der Waals surface area contributed by atoms with Gasteiger partial charge in [-0.05, 0) is 48.2 Å². The molecule has 3 aromatic rings. The normalized spacial score (nSPS) is 12.6. The lowest BCUT2D eigenvalue weighted by Gasteiger charge is -2.15. The van der Waals surface area contributed by atoms with Crippen LogP contribution in [-0.2, 0) is 16.0 Å². The van der Waals surface area contributed by atoms with Crippen molar-refractivity contribution in [2.24, 2.45) is 15.9 Å². The Labute approximate surface area is 197 Å². The van der Waals surface area contributed by atoms with Crippen LogP contribution in [0.4, 0.5) is 10.5 Å². The molecule has 0 saturated heterocycles. The number of nitrogens with zero attached hydrogens (tertiary/aromatic N) is 2. The Morgan fingerprint density at radius 3 is 2.12 bits per heavy atom. The van der Waals surface area contributed by atoms with Gasteiger partial charge >= 0.3 is 12.1 Å². The molecule has 3 rings (SSSR count). The Bertz CT molecular complexity index is 1190. The van der Waals surface area contributed by atoms with Crippen LogP contribution in [0.5, 0.6) is 0 Å². The molecule has 1 atom stereocenters. The lowest BCUT2D eigenvalue weighted by molar-refractivity contribution is -0.136. The highest BCUT2D eigenvalue weighted by Crippen LogP contribution is 2.23. The molecule has 0 heterocycles. The predicted molar refractivity (Wildman–Crippen MR) is 132 cm³/mol. The number of carbonyl (C=O) groups excluding carboxylic acids is 1. The molecule has 1 amide bonds. The lowest BCUT2D eigenvalue weighted by atomic mass is 10.0. The Kier molecular flexibility index (Phi) is 8.12. The molecule has 0 saturated carbocycles. The Balaban J connectivity index is 1.72. The van der Waals surface area contributed by atoms with Crippen molar-refractivity contribution in [1.82, 2.24) is 5.32 Å². The summed E-state index contributed by atoms with van der Waals surface area (Å²) in [6.07, 6.45) is -1.13. The number of amides is 1. The SMILES string of the molecule is C/C(=N/N)C(=Nc1ccc(-c2ccc(CC(=O)O)cc2)cc1)NC(=O)O[C@H](C)c1ccccc1. The van der Waals surface area contributed by atoms with E-state index in [1.807, 2.05) is 54.6 Å². The van der Waals surface area contributed by atoms with E-state index >= 15 is 0 Å². The molecule has 3 aromatic carbocycles. The Hall–Kier alpha value is -4.46. The maximum absolute atomic E-state index is 12.4. The van der Waals surface area contributed by atoms with Gasteiger partial charge in [0.2, 0.25) is 0 Å². The van der Waals surface area contributed by atoms with Crippen LogP contribution in [0.15, 0.2) is 89.0 Å². The number of carbonyl (C=O) groups is 2. The molecule has 0 aromatic heterocycles. The Morgan fingerprint density at radius 1 is 0.971 bits per heavy atom. The summed E-state index contributed by atoms with van der Waals surface area (Å²) in [6, 6.07) is 24.1. The number of hydrogen-bond donors (Lipinski definition) is 3. The van der Waals surface area contributed by atoms with E-state index in [2.05, 4.69) is 15.4 Å². The van der Waals surface area contributed by atoms with Gasteiger partial charge in [0.05, 0.1) is 17.8 Å². The number of benzene rings is 3. The summed E-state index contributed by atoms with van der Waals surface area (Å²) in [4.78, 5) is 27.7. The second-order valence-corrected chi connectivity index (χ2v) is 7.57. The molecule has 4 N–H and O–H groups in total. The number of hydrogen-bond acceptors (Lipinski definition) is 6. The molecule has 0 aliphatic carbocycles. The summed E-state index contributed by atoms with van der Waals surface area (Å²) in [5.41, 5.74) is 4.41. The van der Waals surface area contributed by atoms with Crippen molar-refractivity contribution in [3.05, 3.63) is 90.0 Å². The van der Waals surface area contributed by atoms with Crippen LogP contribution in [0.1, 0.15) is 31.1 Å². The van der Waals surface area contributed by atoms with Gasteiger partial charge in [-0.3, -0.25) is 10.1 Å². The molecule has 0 unspecified atom stereocenters. The van der Waals surface area contributed by atoms with E-state index < -0.39 is 18.2 Å². The quantitative estimate of drug-likeness (QED) is 0.202. The number of amidine groups is 1. The third kappa shape index (κ3) is 6.77. The van der Waals surface area contributed by atoms with E-state index in [0.717, 1.165) is 22.3 Å². The molecule has 0 spiro atoms. The van der Waals surface area contributed by atoms with Crippen molar-refractivity contribution in [2.45, 2.75) is 26.4 Å². The molecular formula is C26H26N4O4. The van der Waals surface area contributed by atoms with Crippen LogP contribution >= 0.6 is 0 Å². The highest BCUT2D eigenvalue weighted by Gasteiger charge is 2.15. The summed E-state index contributed by atoms with van der Waals surface area (Å²) in [6.45, 7) is 3.41. The molecule has 0 aliphatic rings. The Morgan fingerprint density at radius 2 is 1.56 bits per heavy atom. The van der Waals surface area contributed by atoms with Crippen molar-refractivity contribution in [3.8, 4) is 11.1 Å². The van der Waals surface area contributed by atoms with Gasteiger partial charge in [0.25, 0.3) is 0 Å². The van der Waals surface area contributed by atoms with Gasteiger partial charge in [0, 0.05) is 0 Å². The molecule has 0 aliphatic heterocycles. The number of aliphatic imine (C=N–C) groups is 1. The third-order valence-electron chi connectivity index (χ3n) is 5.06. The molecule has 8 nitrogen and oxygen atoms in total. The highest BCUT2D eigenvalue weighted by atomic mass is 16.6. The van der Waals surface area contributed by atoms with E-state index in [1.54, 1.807) is 38.1 Å². The summed E-state index contributed by atoms with van der Waals surface area (Å²) < 4.78 is 5.45. The van der Waals surface area contributed by atoms with Gasteiger partial charge in [-0.2, -0.15) is 5.10 Å². The standard InChI is InChI=1S/C26H26N4O4/c1-17(30-27)25(29-26(33)34-18(2)20-6-4-3-5-7-20)28-23-14-12-22(13-15-23)21-10-8-19(9-11-21)16-24(31)32/h3-15,18H,16,27H2,1-2H3,(H,31,32)(H,28,29,33)/b30-17-/t18-/m1/s1. The predicted octanol–water partition coefficient (Wildman–Crippen LogP) is 4.83. The smallest absolute Gasteiger partial charge is 0.413 e. The monoisotopic (exact) mass is 458 g/mol. The van der Waals surface area contributed by atoms with Crippen molar-refractivity contribution in [3.63, 3.8) is 0 Å². The van der Waals surface area contributed by atoms with E-state index in [0.29, 0.717) is 11.4 Å². The van der Waals surface area contributed by atoms with Gasteiger partial charge < -0.3 is 15.7 Å². The molecule has 34 heavy (non-hydrogen) atoms. The number of hydrazone groups is 1. The van der Waals surface area contributed by atoms with Gasteiger partial charge in [0.15, 0.2) is 5.84 Å². The molecule has 8 heteroatoms. The maximum Gasteiger partial charge on any atom is 0.413 e. The number of carboxylic acids is 1. The summed E-state index contributed by atoms with van der Waals surface area (Å²) in [5.74, 6) is 4.73. The molecule has 0 radical (unpaired) electrons. The second-order valence-electron chi connectivity index (χ2n) is 7.57. The number of alkyl carbamates (subject to hydrolysis) is 1. The van der Waals surface area contributed by atoms with Gasteiger partial charge in [-0.15, -0.1) is 0 Å². The number of nitrogens with two attached hydrogens (primary N) is 1. The fraction of sp³-hybridized carbons (Fsp3) is 0.154. The maximum atomic E-state index is 12.4. The van der Waals surface area contributed by atoms with Gasteiger partial charge in [-0.1, -0.05) is 66.7 Å². The van der Waals surface area contributed by atoms with Gasteiger partial charge in [0.1, 0.15) is 6.10 Å². The van der Waals surface area contributed by atoms with Crippen LogP contribution < -0.4 is 11.2 Å². The minimum Gasteiger partial charge on any atom is -0.481 e. The zero-order valence-electron chi connectivity index (χ0n) is 18.9. The number of carboxylic acid groups (broad SMARTS) is 1. The largest absolute Gasteiger partial charge is 0.481 e. The van der Waals surface area contributed by atoms with Gasteiger partial charge in [-0.25, -0.2) is 9.79 Å². The number of ether oxygens (including phenoxy) is 1. The van der Waals surface area contributed by atoms with E-state index in [1.165, 1.54) is 0 Å². The number of rotatable bonds is 7. The zero-order chi connectivity index (χ0) is 24.5. The summed E-state index contributed by atoms with van der Waals surface area (Å²) >= 11 is 0. The van der Waals surface area contributed by atoms with Crippen molar-refractivity contribution in [2.75, 3.05) is 0 Å². The van der Waals surface area contributed by atoms with Crippen molar-refractivity contribution >= 4 is 29.3 Å². The van der Waals surface area contributed by atoms with E-state index in [9.17, 15) is 9.59 Å². The zero-order valence-corrected chi connectivity index (χ0v) is 18.9. The van der Waals surface area contributed by atoms with E-state index in [4.69, 9.17) is 15.7 Å². The van der Waals surface area contributed by atoms with Crippen LogP contribution in [0, 0.1) is 0 Å². The van der Waals surface area contributed by atoms with Crippen LogP contribution in [0.2, 0.25) is 0 Å². The van der Waals surface area contributed by atoms with Crippen LogP contribution in [-0.4, -0.2) is 28.7 Å². The first-order valence-corrected chi connectivity index (χ1v) is 10.6. The molecule has 174 valence electrons. The lowest BCUT2D eigenvalue weighted by Crippen LogP contribution is -2.36. The number of nitrogens with one attached hydrogen (secondary N) is 1. The first kappa shape index (κ1) is 24.2. The number of aliphatic carboxylic acids is 1. The first-order valence-electron chi connectivity index (χ1n) is 10.6. The van der Waals surface area contributed by atoms with Crippen LogP contribution in [0.25, 0.3) is 11.1 Å². The second kappa shape index (κ2) is 11.4. The minimum atomic E-state index is -0.867. The average Bonchev–Trinajstić information content (AvgIpc) is 2.84. The fourth-order valence-corrected chi connectivity index (χ4v) is 3.19. The molecule has 0 fully saturated rings. The highest BCUT2D eigenvalue weighted by molar-refractivity contribution is 6.43. The molecular weight excluding hydrogens is 432 g/mol. The van der Waals surface area contributed by atoms with Crippen LogP contribution in [0.3, 0.4) is 0 Å². The summed E-state index contributed by atoms with van der Waals surface area (Å²) in [7, 11) is 0. The fourth-order valence-electron chi connectivity index (χ4n) is 3.19. The third-order valence-corrected chi connectivity index (χ3v) is 5.06. The summed E-state index contributed by atoms with van der Waals surface area (Å²) in [5, 5.41) is 15.2. The minimum absolute atomic E-state index is 0.0156. The van der Waals surface area contributed by atoms with Crippen molar-refractivity contribution in [1.29, 1.82) is 0 Å².